The number of nitro groups is 1. The molecule has 7 heteroatoms. The van der Waals surface area contributed by atoms with E-state index in [9.17, 15) is 10.1 Å². The summed E-state index contributed by atoms with van der Waals surface area (Å²) in [7, 11) is 1.99. The number of rotatable bonds is 3. The number of aliphatic imine (C=N–C) groups is 2. The van der Waals surface area contributed by atoms with Crippen LogP contribution in [-0.2, 0) is 4.87 Å². The minimum atomic E-state index is -0.793. The lowest BCUT2D eigenvalue weighted by Gasteiger charge is -2.38. The second-order valence-corrected chi connectivity index (χ2v) is 8.55. The molecule has 6 nitrogen and oxygen atoms in total. The average molecular weight is 414 g/mol. The Morgan fingerprint density at radius 1 is 1.00 bits per heavy atom. The van der Waals surface area contributed by atoms with Crippen LogP contribution in [0.15, 0.2) is 87.7 Å². The maximum atomic E-state index is 11.1. The van der Waals surface area contributed by atoms with Crippen LogP contribution in [0.2, 0.25) is 0 Å². The van der Waals surface area contributed by atoms with Crippen molar-refractivity contribution in [3.05, 3.63) is 99.6 Å². The van der Waals surface area contributed by atoms with Crippen LogP contribution in [0.3, 0.4) is 0 Å². The van der Waals surface area contributed by atoms with Gasteiger partial charge in [-0.2, -0.15) is 0 Å². The summed E-state index contributed by atoms with van der Waals surface area (Å²) in [6, 6.07) is 22.9. The summed E-state index contributed by atoms with van der Waals surface area (Å²) in [5.41, 5.74) is 4.11. The molecule has 0 spiro atoms. The largest absolute Gasteiger partial charge is 0.329 e. The summed E-state index contributed by atoms with van der Waals surface area (Å²) >= 11 is 1.62. The third kappa shape index (κ3) is 2.81. The highest BCUT2D eigenvalue weighted by Gasteiger charge is 2.49. The monoisotopic (exact) mass is 414 g/mol. The van der Waals surface area contributed by atoms with Crippen LogP contribution in [-0.4, -0.2) is 23.6 Å². The maximum Gasteiger partial charge on any atom is 0.269 e. The number of nitro benzene ring substituents is 1. The highest BCUT2D eigenvalue weighted by molar-refractivity contribution is 8.01. The van der Waals surface area contributed by atoms with Gasteiger partial charge in [-0.15, -0.1) is 0 Å². The lowest BCUT2D eigenvalue weighted by atomic mass is 10.0. The van der Waals surface area contributed by atoms with Gasteiger partial charge in [0.15, 0.2) is 16.5 Å². The average Bonchev–Trinajstić information content (AvgIpc) is 3.15. The van der Waals surface area contributed by atoms with Gasteiger partial charge < -0.3 is 4.90 Å². The molecule has 3 aromatic carbocycles. The highest BCUT2D eigenvalue weighted by Crippen LogP contribution is 2.54. The number of hydrogen-bond acceptors (Lipinski definition) is 6. The Hall–Kier alpha value is -3.45. The second kappa shape index (κ2) is 6.81. The lowest BCUT2D eigenvalue weighted by molar-refractivity contribution is -0.384. The fourth-order valence-electron chi connectivity index (χ4n) is 3.76. The third-order valence-corrected chi connectivity index (χ3v) is 6.73. The van der Waals surface area contributed by atoms with Gasteiger partial charge in [-0.05, 0) is 36.8 Å². The van der Waals surface area contributed by atoms with E-state index >= 15 is 0 Å². The van der Waals surface area contributed by atoms with E-state index in [0.29, 0.717) is 5.84 Å². The molecular weight excluding hydrogens is 396 g/mol. The van der Waals surface area contributed by atoms with Crippen LogP contribution in [0.5, 0.6) is 0 Å². The quantitative estimate of drug-likeness (QED) is 0.439. The SMILES string of the molecule is Cc1ccc(C2=N[C@]3(c4ccc([N+](=O)[O-])cc4)Sc4ccccc4N(C)C3=N2)cc1. The number of non-ortho nitro benzene ring substituents is 1. The molecule has 0 aromatic heterocycles. The van der Waals surface area contributed by atoms with Gasteiger partial charge >= 0.3 is 0 Å². The molecule has 0 amide bonds. The van der Waals surface area contributed by atoms with E-state index in [2.05, 4.69) is 17.0 Å². The molecule has 0 unspecified atom stereocenters. The van der Waals surface area contributed by atoms with Crippen LogP contribution < -0.4 is 4.90 Å². The van der Waals surface area contributed by atoms with Gasteiger partial charge in [0.25, 0.3) is 5.69 Å². The molecule has 0 saturated heterocycles. The van der Waals surface area contributed by atoms with E-state index in [0.717, 1.165) is 27.5 Å². The predicted octanol–water partition coefficient (Wildman–Crippen LogP) is 5.16. The first kappa shape index (κ1) is 18.6. The van der Waals surface area contributed by atoms with E-state index in [1.54, 1.807) is 23.9 Å². The molecule has 1 atom stereocenters. The number of nitrogens with zero attached hydrogens (tertiary/aromatic N) is 4. The summed E-state index contributed by atoms with van der Waals surface area (Å²) in [5, 5.41) is 11.1. The molecule has 0 aliphatic carbocycles. The molecule has 2 aliphatic heterocycles. The van der Waals surface area contributed by atoms with Crippen LogP contribution >= 0.6 is 11.8 Å². The van der Waals surface area contributed by atoms with Crippen LogP contribution in [0.25, 0.3) is 0 Å². The van der Waals surface area contributed by atoms with Crippen molar-refractivity contribution in [2.75, 3.05) is 11.9 Å². The molecule has 0 saturated carbocycles. The van der Waals surface area contributed by atoms with Gasteiger partial charge in [0.05, 0.1) is 10.6 Å². The van der Waals surface area contributed by atoms with Crippen LogP contribution in [0.4, 0.5) is 11.4 Å². The van der Waals surface area contributed by atoms with Crippen molar-refractivity contribution in [3.63, 3.8) is 0 Å². The number of para-hydroxylation sites is 1. The normalized spacial score (nSPS) is 19.6. The summed E-state index contributed by atoms with van der Waals surface area (Å²) in [5.74, 6) is 1.46. The van der Waals surface area contributed by atoms with Gasteiger partial charge in [-0.1, -0.05) is 53.7 Å². The van der Waals surface area contributed by atoms with Crippen molar-refractivity contribution in [3.8, 4) is 0 Å². The van der Waals surface area contributed by atoms with Gasteiger partial charge in [-0.25, -0.2) is 9.98 Å². The van der Waals surface area contributed by atoms with Crippen molar-refractivity contribution in [2.45, 2.75) is 16.7 Å². The molecule has 0 N–H and O–H groups in total. The Morgan fingerprint density at radius 2 is 1.70 bits per heavy atom. The number of thioether (sulfide) groups is 1. The zero-order valence-electron chi connectivity index (χ0n) is 16.4. The van der Waals surface area contributed by atoms with E-state index in [-0.39, 0.29) is 10.6 Å². The molecule has 30 heavy (non-hydrogen) atoms. The second-order valence-electron chi connectivity index (χ2n) is 7.31. The minimum Gasteiger partial charge on any atom is -0.329 e. The predicted molar refractivity (Wildman–Crippen MR) is 121 cm³/mol. The summed E-state index contributed by atoms with van der Waals surface area (Å²) in [6.07, 6.45) is 0. The first-order valence-corrected chi connectivity index (χ1v) is 10.3. The molecule has 5 rings (SSSR count). The fraction of sp³-hybridized carbons (Fsp3) is 0.130. The third-order valence-electron chi connectivity index (χ3n) is 5.36. The van der Waals surface area contributed by atoms with Crippen LogP contribution in [0, 0.1) is 17.0 Å². The molecule has 3 aromatic rings. The van der Waals surface area contributed by atoms with E-state index in [1.807, 2.05) is 50.4 Å². The Bertz CT molecular complexity index is 1220. The summed E-state index contributed by atoms with van der Waals surface area (Å²) in [6.45, 7) is 2.05. The summed E-state index contributed by atoms with van der Waals surface area (Å²) in [4.78, 5) is 23.1. The van der Waals surface area contributed by atoms with Crippen molar-refractivity contribution in [1.82, 2.24) is 0 Å². The molecule has 2 heterocycles. The first-order chi connectivity index (χ1) is 14.5. The van der Waals surface area contributed by atoms with Gasteiger partial charge in [0, 0.05) is 29.6 Å². The zero-order valence-corrected chi connectivity index (χ0v) is 17.3. The van der Waals surface area contributed by atoms with Crippen molar-refractivity contribution < 1.29 is 4.92 Å². The standard InChI is InChI=1S/C23H18N4O2S/c1-15-7-9-16(10-8-15)21-24-22-23(25-21,17-11-13-18(14-12-17)27(28)29)30-20-6-4-3-5-19(20)26(22)2/h3-14H,1-2H3/t23-/m1/s1. The van der Waals surface area contributed by atoms with Crippen LogP contribution in [0.1, 0.15) is 16.7 Å². The molecule has 0 fully saturated rings. The van der Waals surface area contributed by atoms with E-state index in [1.165, 1.54) is 17.7 Å². The van der Waals surface area contributed by atoms with Crippen molar-refractivity contribution in [1.29, 1.82) is 0 Å². The number of benzene rings is 3. The number of aryl methyl sites for hydroxylation is 1. The number of anilines is 1. The van der Waals surface area contributed by atoms with Gasteiger partial charge in [-0.3, -0.25) is 10.1 Å². The minimum absolute atomic E-state index is 0.0592. The molecule has 0 radical (unpaired) electrons. The zero-order chi connectivity index (χ0) is 20.9. The highest BCUT2D eigenvalue weighted by atomic mass is 32.2. The Kier molecular flexibility index (Phi) is 4.22. The molecular formula is C23H18N4O2S. The Balaban J connectivity index is 1.70. The Labute approximate surface area is 178 Å². The topological polar surface area (TPSA) is 71.1 Å². The van der Waals surface area contributed by atoms with Gasteiger partial charge in [0.2, 0.25) is 0 Å². The smallest absolute Gasteiger partial charge is 0.269 e. The maximum absolute atomic E-state index is 11.1. The molecule has 148 valence electrons. The molecule has 2 aliphatic rings. The van der Waals surface area contributed by atoms with E-state index in [4.69, 9.17) is 9.98 Å². The Morgan fingerprint density at radius 3 is 2.40 bits per heavy atom. The number of amidine groups is 2. The number of hydrogen-bond donors (Lipinski definition) is 0. The molecule has 0 bridgehead atoms. The summed E-state index contributed by atoms with van der Waals surface area (Å²) < 4.78 is 0. The number of fused-ring (bicyclic) bond motifs is 2. The van der Waals surface area contributed by atoms with E-state index < -0.39 is 4.87 Å². The van der Waals surface area contributed by atoms with Crippen molar-refractivity contribution in [2.24, 2.45) is 9.98 Å². The fourth-order valence-corrected chi connectivity index (χ4v) is 5.19. The number of likely N-dealkylation sites (N-methyl/N-ethyl adjacent to an activating group) is 1. The van der Waals surface area contributed by atoms with Crippen molar-refractivity contribution >= 4 is 34.8 Å². The van der Waals surface area contributed by atoms with Gasteiger partial charge in [0.1, 0.15) is 0 Å². The first-order valence-electron chi connectivity index (χ1n) is 9.51. The lowest BCUT2D eigenvalue weighted by Crippen LogP contribution is -2.43.